The lowest BCUT2D eigenvalue weighted by molar-refractivity contribution is 0.0526. The normalized spacial score (nSPS) is 14.5. The Bertz CT molecular complexity index is 1300. The first-order valence-corrected chi connectivity index (χ1v) is 10.7. The molecule has 0 amide bonds. The van der Waals surface area contributed by atoms with Gasteiger partial charge in [-0.05, 0) is 43.4 Å². The van der Waals surface area contributed by atoms with Crippen molar-refractivity contribution in [1.82, 2.24) is 29.5 Å². The Balaban J connectivity index is 1.58. The molecule has 32 heavy (non-hydrogen) atoms. The smallest absolute Gasteiger partial charge is 0.341 e. The zero-order valence-electron chi connectivity index (χ0n) is 17.6. The van der Waals surface area contributed by atoms with E-state index < -0.39 is 5.97 Å². The van der Waals surface area contributed by atoms with E-state index in [0.717, 1.165) is 18.4 Å². The molecule has 5 rings (SSSR count). The molecule has 0 radical (unpaired) electrons. The standard InChI is InChI=1S/C22H21ClN6O3/c1-3-32-21(30)15-10-24-28(12-15)22-26-17-11-25-29(19(17)20(27-22)31-2)18(13-7-8-13)14-5-4-6-16(23)9-14/h4-6,9-13,18H,3,7-8H2,1-2H3. The minimum absolute atomic E-state index is 0.00895. The van der Waals surface area contributed by atoms with Gasteiger partial charge in [-0.15, -0.1) is 0 Å². The highest BCUT2D eigenvalue weighted by Gasteiger charge is 2.36. The highest BCUT2D eigenvalue weighted by molar-refractivity contribution is 6.30. The van der Waals surface area contributed by atoms with Crippen LogP contribution >= 0.6 is 11.6 Å². The number of fused-ring (bicyclic) bond motifs is 1. The summed E-state index contributed by atoms with van der Waals surface area (Å²) in [6.45, 7) is 2.04. The second-order valence-electron chi connectivity index (χ2n) is 7.59. The number of rotatable bonds is 7. The lowest BCUT2D eigenvalue weighted by Crippen LogP contribution is -2.15. The van der Waals surface area contributed by atoms with Crippen LogP contribution in [0.15, 0.2) is 42.9 Å². The average Bonchev–Trinajstić information content (AvgIpc) is 3.33. The van der Waals surface area contributed by atoms with Crippen LogP contribution in [0.4, 0.5) is 0 Å². The minimum atomic E-state index is -0.451. The monoisotopic (exact) mass is 452 g/mol. The van der Waals surface area contributed by atoms with Gasteiger partial charge in [0.25, 0.3) is 5.95 Å². The molecule has 0 spiro atoms. The van der Waals surface area contributed by atoms with E-state index in [4.69, 9.17) is 21.1 Å². The minimum Gasteiger partial charge on any atom is -0.479 e. The fourth-order valence-corrected chi connectivity index (χ4v) is 4.04. The molecule has 1 atom stereocenters. The van der Waals surface area contributed by atoms with E-state index in [0.29, 0.717) is 33.4 Å². The molecule has 4 aromatic rings. The second kappa shape index (κ2) is 8.23. The number of hydrogen-bond donors (Lipinski definition) is 0. The van der Waals surface area contributed by atoms with E-state index >= 15 is 0 Å². The summed E-state index contributed by atoms with van der Waals surface area (Å²) in [5.41, 5.74) is 2.72. The van der Waals surface area contributed by atoms with Crippen molar-refractivity contribution in [3.63, 3.8) is 0 Å². The maximum Gasteiger partial charge on any atom is 0.341 e. The van der Waals surface area contributed by atoms with Gasteiger partial charge in [0.1, 0.15) is 11.0 Å². The van der Waals surface area contributed by atoms with Gasteiger partial charge < -0.3 is 9.47 Å². The van der Waals surface area contributed by atoms with Crippen molar-refractivity contribution in [1.29, 1.82) is 0 Å². The van der Waals surface area contributed by atoms with Gasteiger partial charge in [-0.3, -0.25) is 0 Å². The van der Waals surface area contributed by atoms with Crippen LogP contribution in [-0.2, 0) is 4.74 Å². The molecule has 0 bridgehead atoms. The quantitative estimate of drug-likeness (QED) is 0.393. The van der Waals surface area contributed by atoms with E-state index in [2.05, 4.69) is 26.2 Å². The molecule has 0 N–H and O–H groups in total. The summed E-state index contributed by atoms with van der Waals surface area (Å²) in [4.78, 5) is 21.1. The van der Waals surface area contributed by atoms with Crippen LogP contribution in [0.3, 0.4) is 0 Å². The van der Waals surface area contributed by atoms with Gasteiger partial charge in [0, 0.05) is 11.2 Å². The molecule has 1 aliphatic rings. The zero-order valence-corrected chi connectivity index (χ0v) is 18.4. The maximum atomic E-state index is 12.0. The first-order chi connectivity index (χ1) is 15.6. The SMILES string of the molecule is CCOC(=O)c1cnn(-c2nc(OC)c3c(cnn3C(c3cccc(Cl)c3)C3CC3)n2)c1. The van der Waals surface area contributed by atoms with E-state index in [1.807, 2.05) is 22.9 Å². The number of ether oxygens (including phenoxy) is 2. The summed E-state index contributed by atoms with van der Waals surface area (Å²) in [6.07, 6.45) is 6.87. The van der Waals surface area contributed by atoms with Crippen LogP contribution in [0.1, 0.15) is 41.7 Å². The topological polar surface area (TPSA) is 97.0 Å². The number of hydrogen-bond acceptors (Lipinski definition) is 7. The lowest BCUT2D eigenvalue weighted by Gasteiger charge is -2.19. The Morgan fingerprint density at radius 1 is 1.25 bits per heavy atom. The third kappa shape index (κ3) is 3.69. The molecule has 10 heteroatoms. The van der Waals surface area contributed by atoms with Gasteiger partial charge in [0.15, 0.2) is 0 Å². The van der Waals surface area contributed by atoms with Gasteiger partial charge >= 0.3 is 5.97 Å². The number of carbonyl (C=O) groups excluding carboxylic acids is 1. The van der Waals surface area contributed by atoms with Crippen molar-refractivity contribution in [2.24, 2.45) is 5.92 Å². The Hall–Kier alpha value is -3.46. The van der Waals surface area contributed by atoms with Crippen LogP contribution in [0.2, 0.25) is 5.02 Å². The zero-order chi connectivity index (χ0) is 22.2. The molecule has 3 aromatic heterocycles. The highest BCUT2D eigenvalue weighted by atomic mass is 35.5. The predicted molar refractivity (Wildman–Crippen MR) is 117 cm³/mol. The van der Waals surface area contributed by atoms with E-state index in [-0.39, 0.29) is 18.6 Å². The molecule has 164 valence electrons. The third-order valence-corrected chi connectivity index (χ3v) is 5.65. The molecule has 9 nitrogen and oxygen atoms in total. The van der Waals surface area contributed by atoms with Crippen molar-refractivity contribution in [2.45, 2.75) is 25.8 Å². The number of methoxy groups -OCH3 is 1. The summed E-state index contributed by atoms with van der Waals surface area (Å²) in [5, 5.41) is 9.54. The molecular formula is C22H21ClN6O3. The summed E-state index contributed by atoms with van der Waals surface area (Å²) in [7, 11) is 1.56. The summed E-state index contributed by atoms with van der Waals surface area (Å²) in [6, 6.07) is 7.85. The Morgan fingerprint density at radius 3 is 2.81 bits per heavy atom. The maximum absolute atomic E-state index is 12.0. The van der Waals surface area contributed by atoms with E-state index in [9.17, 15) is 4.79 Å². The van der Waals surface area contributed by atoms with Gasteiger partial charge in [-0.25, -0.2) is 19.1 Å². The number of aromatic nitrogens is 6. The number of benzene rings is 1. The van der Waals surface area contributed by atoms with Gasteiger partial charge in [-0.2, -0.15) is 15.2 Å². The van der Waals surface area contributed by atoms with Crippen LogP contribution in [0, 0.1) is 5.92 Å². The van der Waals surface area contributed by atoms with Gasteiger partial charge in [0.2, 0.25) is 5.88 Å². The fraction of sp³-hybridized carbons (Fsp3) is 0.318. The molecule has 1 saturated carbocycles. The van der Waals surface area contributed by atoms with Crippen molar-refractivity contribution in [2.75, 3.05) is 13.7 Å². The number of nitrogens with zero attached hydrogens (tertiary/aromatic N) is 6. The van der Waals surface area contributed by atoms with Crippen LogP contribution in [-0.4, -0.2) is 49.2 Å². The van der Waals surface area contributed by atoms with Crippen molar-refractivity contribution in [3.8, 4) is 11.8 Å². The molecule has 0 aliphatic heterocycles. The van der Waals surface area contributed by atoms with Crippen molar-refractivity contribution in [3.05, 3.63) is 59.0 Å². The summed E-state index contributed by atoms with van der Waals surface area (Å²) < 4.78 is 14.0. The molecular weight excluding hydrogens is 432 g/mol. The molecule has 1 fully saturated rings. The predicted octanol–water partition coefficient (Wildman–Crippen LogP) is 3.85. The second-order valence-corrected chi connectivity index (χ2v) is 8.02. The van der Waals surface area contributed by atoms with Crippen molar-refractivity contribution < 1.29 is 14.3 Å². The van der Waals surface area contributed by atoms with Crippen LogP contribution in [0.25, 0.3) is 17.0 Å². The van der Waals surface area contributed by atoms with Crippen molar-refractivity contribution >= 4 is 28.6 Å². The first-order valence-electron chi connectivity index (χ1n) is 10.4. The van der Waals surface area contributed by atoms with E-state index in [1.165, 1.54) is 17.1 Å². The number of esters is 1. The Kier molecular flexibility index (Phi) is 5.26. The number of halogens is 1. The average molecular weight is 453 g/mol. The Morgan fingerprint density at radius 2 is 2.09 bits per heavy atom. The largest absolute Gasteiger partial charge is 0.479 e. The lowest BCUT2D eigenvalue weighted by atomic mass is 10.0. The van der Waals surface area contributed by atoms with Gasteiger partial charge in [0.05, 0.1) is 37.7 Å². The summed E-state index contributed by atoms with van der Waals surface area (Å²) in [5.74, 6) is 0.658. The molecule has 1 unspecified atom stereocenters. The Labute approximate surface area is 188 Å². The highest BCUT2D eigenvalue weighted by Crippen LogP contribution is 2.45. The van der Waals surface area contributed by atoms with E-state index in [1.54, 1.807) is 20.2 Å². The van der Waals surface area contributed by atoms with Crippen LogP contribution in [0.5, 0.6) is 5.88 Å². The molecule has 1 aliphatic carbocycles. The molecule has 1 aromatic carbocycles. The number of carbonyl (C=O) groups is 1. The third-order valence-electron chi connectivity index (χ3n) is 5.41. The molecule has 3 heterocycles. The molecule has 0 saturated heterocycles. The summed E-state index contributed by atoms with van der Waals surface area (Å²) >= 11 is 6.26. The first kappa shape index (κ1) is 20.4. The van der Waals surface area contributed by atoms with Gasteiger partial charge in [-0.1, -0.05) is 23.7 Å². The van der Waals surface area contributed by atoms with Crippen LogP contribution < -0.4 is 4.74 Å². The fourth-order valence-electron chi connectivity index (χ4n) is 3.84.